The number of carbonyl (C=O) groups is 1. The quantitative estimate of drug-likeness (QED) is 0.884. The van der Waals surface area contributed by atoms with Crippen molar-refractivity contribution in [3.8, 4) is 0 Å². The van der Waals surface area contributed by atoms with E-state index in [2.05, 4.69) is 15.4 Å². The summed E-state index contributed by atoms with van der Waals surface area (Å²) in [6.07, 6.45) is 3.07. The summed E-state index contributed by atoms with van der Waals surface area (Å²) in [7, 11) is 1.75. The molecule has 1 amide bonds. The summed E-state index contributed by atoms with van der Waals surface area (Å²) in [5.74, 6) is 0.260. The minimum Gasteiger partial charge on any atom is -0.307 e. The summed E-state index contributed by atoms with van der Waals surface area (Å²) in [5, 5.41) is 7.37. The molecule has 0 spiro atoms. The van der Waals surface area contributed by atoms with Crippen molar-refractivity contribution in [2.24, 2.45) is 7.05 Å². The monoisotopic (exact) mass is 290 g/mol. The largest absolute Gasteiger partial charge is 0.307 e. The fraction of sp³-hybridized carbons (Fsp3) is 0.214. The molecule has 1 N–H and O–H groups in total. The van der Waals surface area contributed by atoms with Gasteiger partial charge in [-0.3, -0.25) is 9.48 Å². The lowest BCUT2D eigenvalue weighted by molar-refractivity contribution is -0.111. The molecule has 20 heavy (non-hydrogen) atoms. The Morgan fingerprint density at radius 1 is 1.40 bits per heavy atom. The molecule has 0 bridgehead atoms. The molecule has 6 heteroatoms. The minimum absolute atomic E-state index is 0.262. The van der Waals surface area contributed by atoms with E-state index in [4.69, 9.17) is 11.6 Å². The van der Waals surface area contributed by atoms with Gasteiger partial charge in [0.25, 0.3) is 0 Å². The summed E-state index contributed by atoms with van der Waals surface area (Å²) in [6.45, 7) is 3.70. The summed E-state index contributed by atoms with van der Waals surface area (Å²) in [6, 6.07) is 5.44. The molecule has 0 aliphatic heterocycles. The van der Waals surface area contributed by atoms with Crippen LogP contribution in [-0.4, -0.2) is 20.7 Å². The van der Waals surface area contributed by atoms with Crippen LogP contribution in [0, 0.1) is 13.8 Å². The third kappa shape index (κ3) is 3.24. The van der Waals surface area contributed by atoms with Crippen LogP contribution < -0.4 is 5.32 Å². The van der Waals surface area contributed by atoms with E-state index in [9.17, 15) is 4.79 Å². The van der Waals surface area contributed by atoms with Crippen LogP contribution >= 0.6 is 11.6 Å². The first-order valence-electron chi connectivity index (χ1n) is 6.09. The number of nitrogens with zero attached hydrogens (tertiary/aromatic N) is 3. The van der Waals surface area contributed by atoms with Crippen molar-refractivity contribution in [1.29, 1.82) is 0 Å². The third-order valence-electron chi connectivity index (χ3n) is 2.74. The first-order valence-corrected chi connectivity index (χ1v) is 6.47. The van der Waals surface area contributed by atoms with Gasteiger partial charge in [0.2, 0.25) is 5.91 Å². The molecular formula is C14H15ClN4O. The maximum Gasteiger partial charge on any atom is 0.249 e. The SMILES string of the molecule is Cc1cccc(NC(=O)/C=C/c2c(C)nn(C)c2Cl)n1. The second-order valence-electron chi connectivity index (χ2n) is 4.40. The number of halogens is 1. The van der Waals surface area contributed by atoms with Crippen LogP contribution in [-0.2, 0) is 11.8 Å². The molecule has 2 aromatic heterocycles. The van der Waals surface area contributed by atoms with Gasteiger partial charge < -0.3 is 5.32 Å². The first-order chi connectivity index (χ1) is 9.47. The molecule has 0 saturated carbocycles. The number of hydrogen-bond acceptors (Lipinski definition) is 3. The highest BCUT2D eigenvalue weighted by Crippen LogP contribution is 2.19. The summed E-state index contributed by atoms with van der Waals surface area (Å²) in [5.41, 5.74) is 2.36. The number of amides is 1. The second kappa shape index (κ2) is 5.88. The lowest BCUT2D eigenvalue weighted by Crippen LogP contribution is -2.09. The van der Waals surface area contributed by atoms with E-state index in [1.807, 2.05) is 26.0 Å². The van der Waals surface area contributed by atoms with Crippen LogP contribution in [0.1, 0.15) is 17.0 Å². The van der Waals surface area contributed by atoms with Crippen LogP contribution in [0.25, 0.3) is 6.08 Å². The van der Waals surface area contributed by atoms with Crippen molar-refractivity contribution >= 4 is 29.4 Å². The van der Waals surface area contributed by atoms with Crippen molar-refractivity contribution in [2.45, 2.75) is 13.8 Å². The van der Waals surface area contributed by atoms with Gasteiger partial charge in [-0.25, -0.2) is 4.98 Å². The number of nitrogens with one attached hydrogen (secondary N) is 1. The molecule has 5 nitrogen and oxygen atoms in total. The maximum absolute atomic E-state index is 11.8. The average molecular weight is 291 g/mol. The maximum atomic E-state index is 11.8. The van der Waals surface area contributed by atoms with Gasteiger partial charge in [0.15, 0.2) is 0 Å². The fourth-order valence-corrected chi connectivity index (χ4v) is 2.01. The van der Waals surface area contributed by atoms with Crippen LogP contribution in [0.15, 0.2) is 24.3 Å². The van der Waals surface area contributed by atoms with E-state index in [0.717, 1.165) is 17.0 Å². The third-order valence-corrected chi connectivity index (χ3v) is 3.19. The highest BCUT2D eigenvalue weighted by Gasteiger charge is 2.08. The van der Waals surface area contributed by atoms with E-state index in [-0.39, 0.29) is 5.91 Å². The van der Waals surface area contributed by atoms with Crippen LogP contribution in [0.2, 0.25) is 5.15 Å². The minimum atomic E-state index is -0.262. The van der Waals surface area contributed by atoms with Crippen LogP contribution in [0.5, 0.6) is 0 Å². The molecule has 104 valence electrons. The Hall–Kier alpha value is -2.14. The molecule has 0 atom stereocenters. The number of hydrogen-bond donors (Lipinski definition) is 1. The Morgan fingerprint density at radius 3 is 2.75 bits per heavy atom. The van der Waals surface area contributed by atoms with Gasteiger partial charge in [-0.1, -0.05) is 17.7 Å². The Labute approximate surface area is 122 Å². The average Bonchev–Trinajstić information content (AvgIpc) is 2.61. The summed E-state index contributed by atoms with van der Waals surface area (Å²) < 4.78 is 1.57. The molecule has 2 heterocycles. The number of carbonyl (C=O) groups excluding carboxylic acids is 1. The van der Waals surface area contributed by atoms with E-state index in [0.29, 0.717) is 11.0 Å². The topological polar surface area (TPSA) is 59.8 Å². The molecule has 0 radical (unpaired) electrons. The molecule has 0 saturated heterocycles. The normalized spacial score (nSPS) is 11.0. The molecular weight excluding hydrogens is 276 g/mol. The number of pyridine rings is 1. The van der Waals surface area contributed by atoms with E-state index in [1.165, 1.54) is 6.08 Å². The zero-order valence-corrected chi connectivity index (χ0v) is 12.3. The van der Waals surface area contributed by atoms with E-state index < -0.39 is 0 Å². The van der Waals surface area contributed by atoms with Gasteiger partial charge in [0.05, 0.1) is 5.69 Å². The number of aromatic nitrogens is 3. The lowest BCUT2D eigenvalue weighted by atomic mass is 10.2. The highest BCUT2D eigenvalue weighted by molar-refractivity contribution is 6.31. The first kappa shape index (κ1) is 14.3. The molecule has 0 unspecified atom stereocenters. The number of rotatable bonds is 3. The molecule has 0 aliphatic rings. The van der Waals surface area contributed by atoms with Gasteiger partial charge in [0.1, 0.15) is 11.0 Å². The smallest absolute Gasteiger partial charge is 0.249 e. The van der Waals surface area contributed by atoms with Crippen LogP contribution in [0.4, 0.5) is 5.82 Å². The standard InChI is InChI=1S/C14H15ClN4O/c1-9-5-4-6-12(16-9)17-13(20)8-7-11-10(2)18-19(3)14(11)15/h4-8H,1-3H3,(H,16,17,20)/b8-7+. The second-order valence-corrected chi connectivity index (χ2v) is 4.76. The van der Waals surface area contributed by atoms with Crippen molar-refractivity contribution in [3.63, 3.8) is 0 Å². The predicted molar refractivity (Wildman–Crippen MR) is 79.6 cm³/mol. The number of anilines is 1. The Bertz CT molecular complexity index is 676. The Morgan fingerprint density at radius 2 is 2.15 bits per heavy atom. The Kier molecular flexibility index (Phi) is 4.20. The lowest BCUT2D eigenvalue weighted by Gasteiger charge is -2.01. The predicted octanol–water partition coefficient (Wildman–Crippen LogP) is 2.74. The Balaban J connectivity index is 2.10. The van der Waals surface area contributed by atoms with Crippen molar-refractivity contribution in [1.82, 2.24) is 14.8 Å². The molecule has 2 rings (SSSR count). The molecule has 0 aromatic carbocycles. The summed E-state index contributed by atoms with van der Waals surface area (Å²) >= 11 is 6.08. The van der Waals surface area contributed by atoms with Crippen LogP contribution in [0.3, 0.4) is 0 Å². The number of aryl methyl sites for hydroxylation is 3. The van der Waals surface area contributed by atoms with Gasteiger partial charge in [-0.15, -0.1) is 0 Å². The highest BCUT2D eigenvalue weighted by atomic mass is 35.5. The van der Waals surface area contributed by atoms with Gasteiger partial charge in [-0.05, 0) is 32.1 Å². The van der Waals surface area contributed by atoms with Gasteiger partial charge in [-0.2, -0.15) is 5.10 Å². The zero-order valence-electron chi connectivity index (χ0n) is 11.5. The van der Waals surface area contributed by atoms with Crippen molar-refractivity contribution < 1.29 is 4.79 Å². The van der Waals surface area contributed by atoms with Crippen molar-refractivity contribution in [3.05, 3.63) is 46.4 Å². The van der Waals surface area contributed by atoms with Crippen molar-refractivity contribution in [2.75, 3.05) is 5.32 Å². The molecule has 0 fully saturated rings. The molecule has 2 aromatic rings. The van der Waals surface area contributed by atoms with Gasteiger partial charge in [0, 0.05) is 24.4 Å². The zero-order chi connectivity index (χ0) is 14.7. The summed E-state index contributed by atoms with van der Waals surface area (Å²) in [4.78, 5) is 16.0. The van der Waals surface area contributed by atoms with E-state index >= 15 is 0 Å². The van der Waals surface area contributed by atoms with E-state index in [1.54, 1.807) is 23.9 Å². The van der Waals surface area contributed by atoms with Gasteiger partial charge >= 0.3 is 0 Å². The fourth-order valence-electron chi connectivity index (χ4n) is 1.78. The molecule has 0 aliphatic carbocycles.